The van der Waals surface area contributed by atoms with Crippen LogP contribution < -0.4 is 10.6 Å². The third-order valence-electron chi connectivity index (χ3n) is 4.50. The molecule has 6 heteroatoms. The Kier molecular flexibility index (Phi) is 5.04. The van der Waals surface area contributed by atoms with E-state index in [1.807, 2.05) is 25.6 Å². The summed E-state index contributed by atoms with van der Waals surface area (Å²) in [6.45, 7) is 6.69. The summed E-state index contributed by atoms with van der Waals surface area (Å²) in [5, 5.41) is 10.9. The van der Waals surface area contributed by atoms with E-state index in [-0.39, 0.29) is 11.9 Å². The molecule has 1 aliphatic rings. The molecule has 0 fully saturated rings. The van der Waals surface area contributed by atoms with Crippen LogP contribution in [0.2, 0.25) is 0 Å². The second-order valence-corrected chi connectivity index (χ2v) is 7.03. The Morgan fingerprint density at radius 1 is 1.46 bits per heavy atom. The maximum absolute atomic E-state index is 12.3. The average molecular weight is 329 g/mol. The summed E-state index contributed by atoms with van der Waals surface area (Å²) in [5.74, 6) is 0.535. The summed E-state index contributed by atoms with van der Waals surface area (Å²) < 4.78 is 4.05. The van der Waals surface area contributed by atoms with Crippen LogP contribution >= 0.6 is 0 Å². The van der Waals surface area contributed by atoms with Crippen LogP contribution in [0, 0.1) is 5.92 Å². The van der Waals surface area contributed by atoms with Crippen LogP contribution in [-0.2, 0) is 26.6 Å². The van der Waals surface area contributed by atoms with Crippen molar-refractivity contribution >= 4 is 5.91 Å². The van der Waals surface area contributed by atoms with Gasteiger partial charge in [-0.05, 0) is 50.8 Å². The minimum atomic E-state index is -0.0101. The van der Waals surface area contributed by atoms with Crippen LogP contribution in [0.15, 0.2) is 24.7 Å². The van der Waals surface area contributed by atoms with Gasteiger partial charge in [0, 0.05) is 38.6 Å². The zero-order valence-electron chi connectivity index (χ0n) is 14.7. The number of aromatic nitrogens is 3. The molecule has 24 heavy (non-hydrogen) atoms. The highest BCUT2D eigenvalue weighted by molar-refractivity contribution is 5.95. The van der Waals surface area contributed by atoms with E-state index in [1.54, 1.807) is 6.20 Å². The summed E-state index contributed by atoms with van der Waals surface area (Å²) in [5.41, 5.74) is 3.11. The topological polar surface area (TPSA) is 63.9 Å². The highest BCUT2D eigenvalue weighted by atomic mass is 16.1. The number of nitrogens with zero attached hydrogens (tertiary/aromatic N) is 3. The van der Waals surface area contributed by atoms with Gasteiger partial charge in [0.05, 0.1) is 17.5 Å². The number of hydrogen-bond donors (Lipinski definition) is 2. The number of fused-ring (bicyclic) bond motifs is 1. The molecule has 0 saturated heterocycles. The molecule has 0 saturated carbocycles. The number of amides is 1. The molecule has 0 aliphatic carbocycles. The Labute approximate surface area is 143 Å². The second kappa shape index (κ2) is 7.21. The molecular formula is C18H27N5O. The van der Waals surface area contributed by atoms with Crippen molar-refractivity contribution in [2.24, 2.45) is 13.0 Å². The third-order valence-corrected chi connectivity index (χ3v) is 4.50. The summed E-state index contributed by atoms with van der Waals surface area (Å²) in [4.78, 5) is 12.3. The Bertz CT molecular complexity index is 700. The lowest BCUT2D eigenvalue weighted by molar-refractivity contribution is 0.0941. The van der Waals surface area contributed by atoms with E-state index in [9.17, 15) is 4.79 Å². The first-order chi connectivity index (χ1) is 11.5. The maximum atomic E-state index is 12.3. The molecule has 1 unspecified atom stereocenters. The molecule has 1 amide bonds. The van der Waals surface area contributed by atoms with Gasteiger partial charge in [0.1, 0.15) is 0 Å². The van der Waals surface area contributed by atoms with Crippen LogP contribution in [0.3, 0.4) is 0 Å². The van der Waals surface area contributed by atoms with Crippen molar-refractivity contribution in [3.63, 3.8) is 0 Å². The monoisotopic (exact) mass is 329 g/mol. The molecule has 130 valence electrons. The first kappa shape index (κ1) is 16.8. The molecule has 2 N–H and O–H groups in total. The highest BCUT2D eigenvalue weighted by Crippen LogP contribution is 2.22. The average Bonchev–Trinajstić information content (AvgIpc) is 3.12. The van der Waals surface area contributed by atoms with Crippen molar-refractivity contribution < 1.29 is 4.79 Å². The third kappa shape index (κ3) is 3.87. The summed E-state index contributed by atoms with van der Waals surface area (Å²) in [7, 11) is 2.04. The first-order valence-corrected chi connectivity index (χ1v) is 8.70. The lowest BCUT2D eigenvalue weighted by Crippen LogP contribution is -2.33. The van der Waals surface area contributed by atoms with E-state index in [1.165, 1.54) is 5.56 Å². The maximum Gasteiger partial charge on any atom is 0.254 e. The smallest absolute Gasteiger partial charge is 0.254 e. The molecule has 0 radical (unpaired) electrons. The van der Waals surface area contributed by atoms with Crippen molar-refractivity contribution in [2.75, 3.05) is 6.54 Å². The van der Waals surface area contributed by atoms with Crippen LogP contribution in [0.4, 0.5) is 0 Å². The molecule has 1 atom stereocenters. The highest BCUT2D eigenvalue weighted by Gasteiger charge is 2.25. The fraction of sp³-hybridized carbons (Fsp3) is 0.556. The molecule has 3 rings (SSSR count). The molecule has 6 nitrogen and oxygen atoms in total. The predicted molar refractivity (Wildman–Crippen MR) is 93.8 cm³/mol. The number of carbonyl (C=O) groups excluding carboxylic acids is 1. The number of hydrogen-bond acceptors (Lipinski definition) is 3. The minimum absolute atomic E-state index is 0.0101. The van der Waals surface area contributed by atoms with Crippen molar-refractivity contribution in [1.82, 2.24) is 25.0 Å². The zero-order valence-corrected chi connectivity index (χ0v) is 14.7. The number of rotatable bonds is 6. The molecule has 0 spiro atoms. The van der Waals surface area contributed by atoms with Crippen LogP contribution in [0.1, 0.15) is 41.9 Å². The van der Waals surface area contributed by atoms with E-state index in [2.05, 4.69) is 38.8 Å². The number of nitrogens with one attached hydrogen (secondary N) is 2. The molecular weight excluding hydrogens is 302 g/mol. The molecule has 1 aliphatic heterocycles. The van der Waals surface area contributed by atoms with Gasteiger partial charge in [0.25, 0.3) is 5.91 Å². The molecule has 2 aromatic rings. The van der Waals surface area contributed by atoms with Gasteiger partial charge in [0.2, 0.25) is 0 Å². The van der Waals surface area contributed by atoms with E-state index < -0.39 is 0 Å². The normalized spacial score (nSPS) is 17.1. The number of aryl methyl sites for hydroxylation is 2. The van der Waals surface area contributed by atoms with E-state index >= 15 is 0 Å². The van der Waals surface area contributed by atoms with E-state index in [0.29, 0.717) is 5.92 Å². The Balaban J connectivity index is 1.57. The van der Waals surface area contributed by atoms with Crippen molar-refractivity contribution in [1.29, 1.82) is 0 Å². The quantitative estimate of drug-likeness (QED) is 0.848. The Hall–Kier alpha value is -2.08. The van der Waals surface area contributed by atoms with Crippen LogP contribution in [-0.4, -0.2) is 32.8 Å². The second-order valence-electron chi connectivity index (χ2n) is 7.03. The summed E-state index contributed by atoms with van der Waals surface area (Å²) >= 11 is 0. The summed E-state index contributed by atoms with van der Waals surface area (Å²) in [6, 6.07) is 2.28. The first-order valence-electron chi connectivity index (χ1n) is 8.70. The fourth-order valence-electron chi connectivity index (χ4n) is 3.29. The van der Waals surface area contributed by atoms with Gasteiger partial charge < -0.3 is 15.2 Å². The van der Waals surface area contributed by atoms with Crippen molar-refractivity contribution in [2.45, 2.75) is 45.8 Å². The van der Waals surface area contributed by atoms with E-state index in [0.717, 1.165) is 43.7 Å². The van der Waals surface area contributed by atoms with Crippen LogP contribution in [0.5, 0.6) is 0 Å². The lowest BCUT2D eigenvalue weighted by atomic mass is 9.94. The van der Waals surface area contributed by atoms with Crippen molar-refractivity contribution in [3.8, 4) is 0 Å². The molecule has 3 heterocycles. The largest absolute Gasteiger partial charge is 0.357 e. The van der Waals surface area contributed by atoms with Gasteiger partial charge in [-0.2, -0.15) is 5.10 Å². The lowest BCUT2D eigenvalue weighted by Gasteiger charge is -2.24. The van der Waals surface area contributed by atoms with Gasteiger partial charge in [-0.3, -0.25) is 9.48 Å². The van der Waals surface area contributed by atoms with Gasteiger partial charge in [-0.15, -0.1) is 0 Å². The van der Waals surface area contributed by atoms with Crippen molar-refractivity contribution in [3.05, 3.63) is 41.5 Å². The minimum Gasteiger partial charge on any atom is -0.357 e. The Morgan fingerprint density at radius 3 is 3.00 bits per heavy atom. The SMILES string of the molecule is CC(C)NC(=O)c1cnn2c1CC(CNCc1ccn(C)c1)CC2. The molecule has 0 bridgehead atoms. The van der Waals surface area contributed by atoms with Crippen LogP contribution in [0.25, 0.3) is 0 Å². The summed E-state index contributed by atoms with van der Waals surface area (Å²) in [6.07, 6.45) is 7.92. The van der Waals surface area contributed by atoms with Gasteiger partial charge >= 0.3 is 0 Å². The van der Waals surface area contributed by atoms with E-state index in [4.69, 9.17) is 0 Å². The number of carbonyl (C=O) groups is 1. The standard InChI is InChI=1S/C18H27N5O/c1-13(2)21-18(24)16-11-20-23-7-5-14(8-17(16)23)9-19-10-15-4-6-22(3)12-15/h4,6,11-14,19H,5,7-10H2,1-3H3,(H,21,24). The zero-order chi connectivity index (χ0) is 17.1. The van der Waals surface area contributed by atoms with Gasteiger partial charge in [-0.1, -0.05) is 0 Å². The van der Waals surface area contributed by atoms with Gasteiger partial charge in [-0.25, -0.2) is 0 Å². The van der Waals surface area contributed by atoms with Gasteiger partial charge in [0.15, 0.2) is 0 Å². The molecule has 2 aromatic heterocycles. The Morgan fingerprint density at radius 2 is 2.29 bits per heavy atom. The molecule has 0 aromatic carbocycles. The fourth-order valence-corrected chi connectivity index (χ4v) is 3.29. The predicted octanol–water partition coefficient (Wildman–Crippen LogP) is 1.71.